The van der Waals surface area contributed by atoms with Crippen LogP contribution in [0.5, 0.6) is 0 Å². The van der Waals surface area contributed by atoms with Gasteiger partial charge in [-0.15, -0.1) is 5.10 Å². The van der Waals surface area contributed by atoms with Crippen LogP contribution in [0.2, 0.25) is 0 Å². The van der Waals surface area contributed by atoms with Gasteiger partial charge in [-0.2, -0.15) is 4.98 Å². The van der Waals surface area contributed by atoms with Gasteiger partial charge in [0, 0.05) is 17.8 Å². The quantitative estimate of drug-likeness (QED) is 0.534. The number of pyridine rings is 1. The van der Waals surface area contributed by atoms with E-state index in [1.54, 1.807) is 18.3 Å². The van der Waals surface area contributed by atoms with E-state index in [2.05, 4.69) is 20.6 Å². The zero-order valence-corrected chi connectivity index (χ0v) is 16.9. The van der Waals surface area contributed by atoms with E-state index in [4.69, 9.17) is 4.52 Å². The molecule has 3 heterocycles. The summed E-state index contributed by atoms with van der Waals surface area (Å²) in [6.07, 6.45) is 7.03. The zero-order chi connectivity index (χ0) is 21.2. The molecule has 9 nitrogen and oxygen atoms in total. The van der Waals surface area contributed by atoms with Gasteiger partial charge in [-0.3, -0.25) is 4.79 Å². The van der Waals surface area contributed by atoms with Gasteiger partial charge in [-0.1, -0.05) is 54.8 Å². The molecule has 3 aromatic heterocycles. The molecule has 0 radical (unpaired) electrons. The molecule has 1 fully saturated rings. The molecule has 0 saturated heterocycles. The van der Waals surface area contributed by atoms with Crippen molar-refractivity contribution in [1.29, 1.82) is 0 Å². The fourth-order valence-corrected chi connectivity index (χ4v) is 4.00. The Labute approximate surface area is 177 Å². The first-order valence-corrected chi connectivity index (χ1v) is 10.5. The van der Waals surface area contributed by atoms with Crippen molar-refractivity contribution in [1.82, 2.24) is 29.6 Å². The highest BCUT2D eigenvalue weighted by atomic mass is 16.5. The number of nitrogens with one attached hydrogen (secondary N) is 1. The minimum Gasteiger partial charge on any atom is -0.352 e. The number of nitrogens with zero attached hydrogens (tertiary/aromatic N) is 5. The summed E-state index contributed by atoms with van der Waals surface area (Å²) in [6.45, 7) is -0.129. The van der Waals surface area contributed by atoms with Gasteiger partial charge in [0.1, 0.15) is 6.54 Å². The molecule has 1 aliphatic carbocycles. The van der Waals surface area contributed by atoms with Crippen LogP contribution in [0.4, 0.5) is 0 Å². The van der Waals surface area contributed by atoms with Crippen molar-refractivity contribution in [2.45, 2.75) is 44.7 Å². The Morgan fingerprint density at radius 1 is 1.10 bits per heavy atom. The van der Waals surface area contributed by atoms with Gasteiger partial charge >= 0.3 is 5.69 Å². The van der Waals surface area contributed by atoms with Crippen molar-refractivity contribution >= 4 is 11.6 Å². The predicted octanol–water partition coefficient (Wildman–Crippen LogP) is 2.66. The Morgan fingerprint density at radius 2 is 1.90 bits per heavy atom. The van der Waals surface area contributed by atoms with Crippen molar-refractivity contribution in [2.75, 3.05) is 0 Å². The van der Waals surface area contributed by atoms with Crippen LogP contribution in [-0.2, 0) is 11.3 Å². The van der Waals surface area contributed by atoms with Crippen molar-refractivity contribution in [3.63, 3.8) is 0 Å². The Balaban J connectivity index is 1.43. The minimum atomic E-state index is -0.390. The summed E-state index contributed by atoms with van der Waals surface area (Å²) in [5.74, 6) is 0.502. The number of benzene rings is 1. The van der Waals surface area contributed by atoms with Crippen molar-refractivity contribution in [3.8, 4) is 22.8 Å². The molecule has 1 aromatic carbocycles. The molecule has 1 aliphatic rings. The maximum Gasteiger partial charge on any atom is 0.350 e. The Bertz CT molecular complexity index is 1270. The van der Waals surface area contributed by atoms with Crippen molar-refractivity contribution in [2.24, 2.45) is 0 Å². The minimum absolute atomic E-state index is 0.129. The molecule has 31 heavy (non-hydrogen) atoms. The highest BCUT2D eigenvalue weighted by Crippen LogP contribution is 2.24. The van der Waals surface area contributed by atoms with Gasteiger partial charge in [-0.25, -0.2) is 13.9 Å². The lowest BCUT2D eigenvalue weighted by atomic mass is 9.95. The van der Waals surface area contributed by atoms with Crippen molar-refractivity contribution < 1.29 is 9.32 Å². The lowest BCUT2D eigenvalue weighted by Gasteiger charge is -2.22. The normalized spacial score (nSPS) is 14.7. The van der Waals surface area contributed by atoms with Gasteiger partial charge in [0.05, 0.1) is 5.56 Å². The topological polar surface area (TPSA) is 107 Å². The van der Waals surface area contributed by atoms with Gasteiger partial charge in [0.15, 0.2) is 5.65 Å². The van der Waals surface area contributed by atoms with E-state index >= 15 is 0 Å². The van der Waals surface area contributed by atoms with E-state index in [9.17, 15) is 9.59 Å². The molecular weight excluding hydrogens is 396 g/mol. The van der Waals surface area contributed by atoms with Crippen LogP contribution in [0.1, 0.15) is 32.1 Å². The van der Waals surface area contributed by atoms with Crippen LogP contribution in [0.25, 0.3) is 28.5 Å². The average Bonchev–Trinajstić information content (AvgIpc) is 3.41. The smallest absolute Gasteiger partial charge is 0.350 e. The third-order valence-corrected chi connectivity index (χ3v) is 5.56. The standard InChI is InChI=1S/C22H22N6O3/c29-18(23-16-10-5-2-6-11-16)14-28-22(30)27-13-7-12-17(20(27)25-28)21-24-19(26-31-21)15-8-3-1-4-9-15/h1,3-4,7-9,12-13,16H,2,5-6,10-11,14H2,(H,23,29). The number of carbonyl (C=O) groups excluding carboxylic acids is 1. The van der Waals surface area contributed by atoms with Crippen LogP contribution in [-0.4, -0.2) is 36.3 Å². The maximum atomic E-state index is 12.8. The van der Waals surface area contributed by atoms with E-state index in [0.717, 1.165) is 31.2 Å². The third kappa shape index (κ3) is 3.86. The average molecular weight is 418 g/mol. The van der Waals surface area contributed by atoms with Crippen LogP contribution >= 0.6 is 0 Å². The number of amides is 1. The number of rotatable bonds is 5. The van der Waals surface area contributed by atoms with E-state index in [1.807, 2.05) is 30.3 Å². The molecule has 0 aliphatic heterocycles. The number of hydrogen-bond donors (Lipinski definition) is 1. The zero-order valence-electron chi connectivity index (χ0n) is 16.9. The highest BCUT2D eigenvalue weighted by molar-refractivity contribution is 5.76. The van der Waals surface area contributed by atoms with E-state index < -0.39 is 5.69 Å². The van der Waals surface area contributed by atoms with Gasteiger partial charge in [-0.05, 0) is 25.0 Å². The van der Waals surface area contributed by atoms with E-state index in [1.165, 1.54) is 15.5 Å². The van der Waals surface area contributed by atoms with E-state index in [0.29, 0.717) is 17.0 Å². The summed E-state index contributed by atoms with van der Waals surface area (Å²) >= 11 is 0. The van der Waals surface area contributed by atoms with Crippen LogP contribution in [0.15, 0.2) is 58.0 Å². The molecule has 0 spiro atoms. The number of hydrogen-bond acceptors (Lipinski definition) is 6. The molecule has 1 amide bonds. The Morgan fingerprint density at radius 3 is 2.71 bits per heavy atom. The van der Waals surface area contributed by atoms with Gasteiger partial charge < -0.3 is 9.84 Å². The summed E-state index contributed by atoms with van der Waals surface area (Å²) in [7, 11) is 0. The first-order chi connectivity index (χ1) is 15.2. The summed E-state index contributed by atoms with van der Waals surface area (Å²) in [6, 6.07) is 13.1. The molecule has 1 N–H and O–H groups in total. The lowest BCUT2D eigenvalue weighted by molar-refractivity contribution is -0.122. The van der Waals surface area contributed by atoms with Gasteiger partial charge in [0.2, 0.25) is 11.7 Å². The lowest BCUT2D eigenvalue weighted by Crippen LogP contribution is -2.40. The fraction of sp³-hybridized carbons (Fsp3) is 0.318. The molecule has 0 atom stereocenters. The molecular formula is C22H22N6O3. The molecule has 158 valence electrons. The van der Waals surface area contributed by atoms with Crippen LogP contribution in [0.3, 0.4) is 0 Å². The van der Waals surface area contributed by atoms with Crippen LogP contribution in [0, 0.1) is 0 Å². The molecule has 0 bridgehead atoms. The second-order valence-corrected chi connectivity index (χ2v) is 7.75. The SMILES string of the molecule is O=C(Cn1nc2c(-c3nc(-c4ccccc4)no3)cccn2c1=O)NC1CCCCC1. The molecule has 4 aromatic rings. The Hall–Kier alpha value is -3.75. The summed E-state index contributed by atoms with van der Waals surface area (Å²) in [4.78, 5) is 29.7. The molecule has 5 rings (SSSR count). The fourth-order valence-electron chi connectivity index (χ4n) is 4.00. The first-order valence-electron chi connectivity index (χ1n) is 10.5. The molecule has 0 unspecified atom stereocenters. The van der Waals surface area contributed by atoms with Gasteiger partial charge in [0.25, 0.3) is 5.89 Å². The molecule has 1 saturated carbocycles. The predicted molar refractivity (Wildman–Crippen MR) is 113 cm³/mol. The second-order valence-electron chi connectivity index (χ2n) is 7.75. The maximum absolute atomic E-state index is 12.8. The second kappa shape index (κ2) is 8.17. The monoisotopic (exact) mass is 418 g/mol. The van der Waals surface area contributed by atoms with E-state index in [-0.39, 0.29) is 24.4 Å². The number of aromatic nitrogens is 5. The van der Waals surface area contributed by atoms with Crippen LogP contribution < -0.4 is 11.0 Å². The number of fused-ring (bicyclic) bond motifs is 1. The summed E-state index contributed by atoms with van der Waals surface area (Å²) in [5.41, 5.74) is 1.33. The molecule has 9 heteroatoms. The highest BCUT2D eigenvalue weighted by Gasteiger charge is 2.20. The first kappa shape index (κ1) is 19.2. The third-order valence-electron chi connectivity index (χ3n) is 5.56. The Kier molecular flexibility index (Phi) is 5.07. The summed E-state index contributed by atoms with van der Waals surface area (Å²) in [5, 5.41) is 11.4. The largest absolute Gasteiger partial charge is 0.352 e. The van der Waals surface area contributed by atoms with Crippen molar-refractivity contribution in [3.05, 3.63) is 59.1 Å². The summed E-state index contributed by atoms with van der Waals surface area (Å²) < 4.78 is 8.00. The number of carbonyl (C=O) groups is 1.